The highest BCUT2D eigenvalue weighted by Crippen LogP contribution is 2.31. The second-order valence-electron chi connectivity index (χ2n) is 8.48. The Bertz CT molecular complexity index is 765. The number of hydrogen-bond acceptors (Lipinski definition) is 6. The number of ether oxygens (including phenoxy) is 1. The van der Waals surface area contributed by atoms with Crippen LogP contribution in [0.5, 0.6) is 0 Å². The smallest absolute Gasteiger partial charge is 0.328 e. The van der Waals surface area contributed by atoms with Crippen LogP contribution in [0.15, 0.2) is 12.4 Å². The van der Waals surface area contributed by atoms with E-state index in [1.807, 2.05) is 20.8 Å². The van der Waals surface area contributed by atoms with Gasteiger partial charge in [0.05, 0.1) is 12.4 Å². The summed E-state index contributed by atoms with van der Waals surface area (Å²) in [5.74, 6) is 0.512. The fourth-order valence-electron chi connectivity index (χ4n) is 2.95. The normalized spacial score (nSPS) is 17.7. The van der Waals surface area contributed by atoms with E-state index in [-0.39, 0.29) is 12.5 Å². The van der Waals surface area contributed by atoms with Gasteiger partial charge < -0.3 is 9.64 Å². The molecule has 0 aliphatic carbocycles. The molecule has 1 saturated heterocycles. The lowest BCUT2D eigenvalue weighted by Crippen LogP contribution is -2.37. The molecule has 1 aliphatic heterocycles. The Morgan fingerprint density at radius 1 is 1.24 bits per heavy atom. The van der Waals surface area contributed by atoms with Crippen molar-refractivity contribution in [1.82, 2.24) is 19.7 Å². The van der Waals surface area contributed by atoms with Gasteiger partial charge in [0.2, 0.25) is 0 Å². The Labute approximate surface area is 148 Å². The zero-order valence-electron chi connectivity index (χ0n) is 15.7. The number of esters is 1. The number of aromatic nitrogens is 4. The van der Waals surface area contributed by atoms with Gasteiger partial charge in [-0.2, -0.15) is 5.10 Å². The standard InChI is InChI=1S/C18H27N5O2/c1-17(2,3)25-15(24)12-23-16-13(10-20-23)19-11-14(21-16)22-8-6-18(4,5)7-9-22/h10-11H,6-9,12H2,1-5H3. The monoisotopic (exact) mass is 345 g/mol. The molecule has 0 atom stereocenters. The third-order valence-corrected chi connectivity index (χ3v) is 4.47. The number of piperidine rings is 1. The second kappa shape index (κ2) is 6.28. The number of hydrogen-bond donors (Lipinski definition) is 0. The fourth-order valence-corrected chi connectivity index (χ4v) is 2.95. The van der Waals surface area contributed by atoms with E-state index in [2.05, 4.69) is 28.8 Å². The lowest BCUT2D eigenvalue weighted by Gasteiger charge is -2.37. The lowest BCUT2D eigenvalue weighted by molar-refractivity contribution is -0.155. The Morgan fingerprint density at radius 2 is 1.92 bits per heavy atom. The molecule has 0 saturated carbocycles. The van der Waals surface area contributed by atoms with Crippen molar-refractivity contribution >= 4 is 23.0 Å². The summed E-state index contributed by atoms with van der Waals surface area (Å²) in [5.41, 5.74) is 1.17. The number of fused-ring (bicyclic) bond motifs is 1. The first-order chi connectivity index (χ1) is 11.6. The van der Waals surface area contributed by atoms with Crippen LogP contribution in [-0.2, 0) is 16.1 Å². The molecule has 25 heavy (non-hydrogen) atoms. The van der Waals surface area contributed by atoms with Crippen LogP contribution in [0.3, 0.4) is 0 Å². The molecule has 1 aliphatic rings. The van der Waals surface area contributed by atoms with E-state index in [1.165, 1.54) is 0 Å². The Kier molecular flexibility index (Phi) is 4.43. The topological polar surface area (TPSA) is 73.1 Å². The molecule has 3 rings (SSSR count). The first-order valence-electron chi connectivity index (χ1n) is 8.78. The minimum absolute atomic E-state index is 0.0337. The third kappa shape index (κ3) is 4.27. The van der Waals surface area contributed by atoms with Gasteiger partial charge in [-0.05, 0) is 39.0 Å². The van der Waals surface area contributed by atoms with Gasteiger partial charge in [-0.15, -0.1) is 0 Å². The van der Waals surface area contributed by atoms with Crippen LogP contribution in [0.25, 0.3) is 11.2 Å². The number of rotatable bonds is 3. The Balaban J connectivity index is 1.79. The quantitative estimate of drug-likeness (QED) is 0.797. The molecule has 0 unspecified atom stereocenters. The van der Waals surface area contributed by atoms with Crippen molar-refractivity contribution in [2.45, 2.75) is 59.6 Å². The van der Waals surface area contributed by atoms with E-state index in [4.69, 9.17) is 9.72 Å². The average molecular weight is 345 g/mol. The highest BCUT2D eigenvalue weighted by Gasteiger charge is 2.26. The van der Waals surface area contributed by atoms with Crippen LogP contribution in [0.4, 0.5) is 5.82 Å². The fraction of sp³-hybridized carbons (Fsp3) is 0.667. The van der Waals surface area contributed by atoms with Crippen molar-refractivity contribution < 1.29 is 9.53 Å². The predicted molar refractivity (Wildman–Crippen MR) is 96.4 cm³/mol. The molecule has 2 aromatic heterocycles. The van der Waals surface area contributed by atoms with Crippen LogP contribution in [0.2, 0.25) is 0 Å². The predicted octanol–water partition coefficient (Wildman–Crippen LogP) is 2.79. The van der Waals surface area contributed by atoms with Crippen LogP contribution in [0.1, 0.15) is 47.5 Å². The van der Waals surface area contributed by atoms with Crippen molar-refractivity contribution in [3.63, 3.8) is 0 Å². The van der Waals surface area contributed by atoms with Gasteiger partial charge in [0, 0.05) is 13.1 Å². The zero-order valence-corrected chi connectivity index (χ0v) is 15.7. The van der Waals surface area contributed by atoms with E-state index in [1.54, 1.807) is 17.1 Å². The van der Waals surface area contributed by atoms with Crippen LogP contribution in [0, 0.1) is 5.41 Å². The number of nitrogens with zero attached hydrogens (tertiary/aromatic N) is 5. The summed E-state index contributed by atoms with van der Waals surface area (Å²) in [6, 6.07) is 0. The average Bonchev–Trinajstić information content (AvgIpc) is 2.87. The molecule has 0 aromatic carbocycles. The van der Waals surface area contributed by atoms with E-state index in [9.17, 15) is 4.79 Å². The number of carbonyl (C=O) groups excluding carboxylic acids is 1. The molecule has 7 heteroatoms. The van der Waals surface area contributed by atoms with E-state index in [0.29, 0.717) is 16.6 Å². The van der Waals surface area contributed by atoms with Crippen LogP contribution in [-0.4, -0.2) is 44.4 Å². The molecule has 3 heterocycles. The van der Waals surface area contributed by atoms with Crippen molar-refractivity contribution in [3.05, 3.63) is 12.4 Å². The summed E-state index contributed by atoms with van der Waals surface area (Å²) >= 11 is 0. The summed E-state index contributed by atoms with van der Waals surface area (Å²) in [4.78, 5) is 23.5. The highest BCUT2D eigenvalue weighted by molar-refractivity contribution is 5.75. The summed E-state index contributed by atoms with van der Waals surface area (Å²) in [7, 11) is 0. The summed E-state index contributed by atoms with van der Waals surface area (Å²) in [6.45, 7) is 12.1. The van der Waals surface area contributed by atoms with Crippen molar-refractivity contribution in [2.75, 3.05) is 18.0 Å². The van der Waals surface area contributed by atoms with Gasteiger partial charge >= 0.3 is 5.97 Å². The molecule has 0 N–H and O–H groups in total. The molecule has 136 valence electrons. The molecule has 0 radical (unpaired) electrons. The highest BCUT2D eigenvalue weighted by atomic mass is 16.6. The summed E-state index contributed by atoms with van der Waals surface area (Å²) in [6.07, 6.45) is 5.68. The maximum absolute atomic E-state index is 12.1. The minimum atomic E-state index is -0.516. The lowest BCUT2D eigenvalue weighted by atomic mass is 9.83. The molecular formula is C18H27N5O2. The molecule has 1 fully saturated rings. The SMILES string of the molecule is CC1(C)CCN(c2cnc3cnn(CC(=O)OC(C)(C)C)c3n2)CC1. The van der Waals surface area contributed by atoms with Gasteiger partial charge in [0.25, 0.3) is 0 Å². The molecular weight excluding hydrogens is 318 g/mol. The van der Waals surface area contributed by atoms with Gasteiger partial charge in [0.15, 0.2) is 5.65 Å². The van der Waals surface area contributed by atoms with Crippen molar-refractivity contribution in [1.29, 1.82) is 0 Å². The molecule has 0 bridgehead atoms. The van der Waals surface area contributed by atoms with Crippen molar-refractivity contribution in [3.8, 4) is 0 Å². The van der Waals surface area contributed by atoms with Gasteiger partial charge in [-0.3, -0.25) is 4.79 Å². The molecule has 0 amide bonds. The molecule has 2 aromatic rings. The number of carbonyl (C=O) groups is 1. The maximum Gasteiger partial charge on any atom is 0.328 e. The zero-order chi connectivity index (χ0) is 18.2. The maximum atomic E-state index is 12.1. The van der Waals surface area contributed by atoms with Crippen molar-refractivity contribution in [2.24, 2.45) is 5.41 Å². The first-order valence-corrected chi connectivity index (χ1v) is 8.78. The van der Waals surface area contributed by atoms with E-state index in [0.717, 1.165) is 31.7 Å². The Hall–Kier alpha value is -2.18. The van der Waals surface area contributed by atoms with E-state index >= 15 is 0 Å². The molecule has 7 nitrogen and oxygen atoms in total. The largest absolute Gasteiger partial charge is 0.459 e. The van der Waals surface area contributed by atoms with Gasteiger partial charge in [0.1, 0.15) is 23.5 Å². The van der Waals surface area contributed by atoms with Gasteiger partial charge in [-0.1, -0.05) is 13.8 Å². The molecule has 0 spiro atoms. The van der Waals surface area contributed by atoms with E-state index < -0.39 is 5.60 Å². The summed E-state index contributed by atoms with van der Waals surface area (Å²) < 4.78 is 6.93. The second-order valence-corrected chi connectivity index (χ2v) is 8.48. The minimum Gasteiger partial charge on any atom is -0.459 e. The number of anilines is 1. The summed E-state index contributed by atoms with van der Waals surface area (Å²) in [5, 5.41) is 4.25. The first kappa shape index (κ1) is 17.6. The van der Waals surface area contributed by atoms with Crippen LogP contribution >= 0.6 is 0 Å². The van der Waals surface area contributed by atoms with Crippen LogP contribution < -0.4 is 4.90 Å². The Morgan fingerprint density at radius 3 is 2.56 bits per heavy atom. The van der Waals surface area contributed by atoms with Gasteiger partial charge in [-0.25, -0.2) is 14.6 Å². The third-order valence-electron chi connectivity index (χ3n) is 4.47.